The lowest BCUT2D eigenvalue weighted by Gasteiger charge is -2.16. The molecule has 0 aliphatic heterocycles. The number of ether oxygens (including phenoxy) is 2. The van der Waals surface area contributed by atoms with Crippen molar-refractivity contribution in [1.82, 2.24) is 0 Å². The van der Waals surface area contributed by atoms with Crippen LogP contribution in [0.3, 0.4) is 0 Å². The van der Waals surface area contributed by atoms with Gasteiger partial charge < -0.3 is 15.2 Å². The van der Waals surface area contributed by atoms with Gasteiger partial charge in [0.15, 0.2) is 0 Å². The highest BCUT2D eigenvalue weighted by atomic mass is 16.5. The molecule has 21 heavy (non-hydrogen) atoms. The Labute approximate surface area is 125 Å². The Morgan fingerprint density at radius 1 is 1.10 bits per heavy atom. The molecule has 110 valence electrons. The number of hydrogen-bond donors (Lipinski definition) is 1. The van der Waals surface area contributed by atoms with Gasteiger partial charge in [-0.2, -0.15) is 0 Å². The summed E-state index contributed by atoms with van der Waals surface area (Å²) in [6.07, 6.45) is 2.72. The molecule has 1 aliphatic rings. The summed E-state index contributed by atoms with van der Waals surface area (Å²) in [5, 5.41) is 0. The molecule has 1 unspecified atom stereocenters. The summed E-state index contributed by atoms with van der Waals surface area (Å²) in [5.41, 5.74) is 9.60. The molecule has 2 N–H and O–H groups in total. The number of benzene rings is 2. The van der Waals surface area contributed by atoms with Gasteiger partial charge in [0.25, 0.3) is 0 Å². The van der Waals surface area contributed by atoms with E-state index in [0.29, 0.717) is 6.10 Å². The molecule has 0 amide bonds. The quantitative estimate of drug-likeness (QED) is 0.912. The SMILES string of the molecule is COc1cc(C(N)c2cccc(OC3CC3)c2)ccc1C. The van der Waals surface area contributed by atoms with Crippen LogP contribution in [0, 0.1) is 6.92 Å². The highest BCUT2D eigenvalue weighted by Crippen LogP contribution is 2.30. The molecule has 1 fully saturated rings. The highest BCUT2D eigenvalue weighted by Gasteiger charge is 2.23. The maximum Gasteiger partial charge on any atom is 0.122 e. The van der Waals surface area contributed by atoms with Gasteiger partial charge in [-0.3, -0.25) is 0 Å². The first kappa shape index (κ1) is 14.0. The number of methoxy groups -OCH3 is 1. The van der Waals surface area contributed by atoms with Crippen LogP contribution < -0.4 is 15.2 Å². The fourth-order valence-corrected chi connectivity index (χ4v) is 2.38. The van der Waals surface area contributed by atoms with Crippen molar-refractivity contribution in [2.45, 2.75) is 31.9 Å². The molecule has 0 heterocycles. The summed E-state index contributed by atoms with van der Waals surface area (Å²) >= 11 is 0. The van der Waals surface area contributed by atoms with Crippen LogP contribution in [0.5, 0.6) is 11.5 Å². The predicted octanol–water partition coefficient (Wildman–Crippen LogP) is 3.59. The number of aryl methyl sites for hydroxylation is 1. The summed E-state index contributed by atoms with van der Waals surface area (Å²) in [6.45, 7) is 2.03. The Kier molecular flexibility index (Phi) is 3.84. The second kappa shape index (κ2) is 5.78. The van der Waals surface area contributed by atoms with Crippen molar-refractivity contribution in [2.24, 2.45) is 5.73 Å². The Morgan fingerprint density at radius 3 is 2.57 bits per heavy atom. The van der Waals surface area contributed by atoms with Gasteiger partial charge in [-0.1, -0.05) is 24.3 Å². The van der Waals surface area contributed by atoms with E-state index in [2.05, 4.69) is 6.07 Å². The molecule has 0 radical (unpaired) electrons. The maximum atomic E-state index is 6.39. The molecule has 1 aliphatic carbocycles. The van der Waals surface area contributed by atoms with E-state index < -0.39 is 0 Å². The monoisotopic (exact) mass is 283 g/mol. The van der Waals surface area contributed by atoms with E-state index in [-0.39, 0.29) is 6.04 Å². The lowest BCUT2D eigenvalue weighted by molar-refractivity contribution is 0.303. The van der Waals surface area contributed by atoms with Crippen molar-refractivity contribution in [3.63, 3.8) is 0 Å². The zero-order chi connectivity index (χ0) is 14.8. The first-order valence-corrected chi connectivity index (χ1v) is 7.34. The molecule has 1 saturated carbocycles. The van der Waals surface area contributed by atoms with Gasteiger partial charge in [0.05, 0.1) is 19.3 Å². The molecular formula is C18H21NO2. The second-order valence-corrected chi connectivity index (χ2v) is 5.60. The molecule has 2 aromatic rings. The van der Waals surface area contributed by atoms with E-state index in [9.17, 15) is 0 Å². The predicted molar refractivity (Wildman–Crippen MR) is 83.9 cm³/mol. The summed E-state index contributed by atoms with van der Waals surface area (Å²) in [5.74, 6) is 1.78. The standard InChI is InChI=1S/C18H21NO2/c1-12-6-7-14(11-17(12)20-2)18(19)13-4-3-5-16(10-13)21-15-8-9-15/h3-7,10-11,15,18H,8-9,19H2,1-2H3. The molecule has 1 atom stereocenters. The molecule has 3 heteroatoms. The Morgan fingerprint density at radius 2 is 1.86 bits per heavy atom. The zero-order valence-corrected chi connectivity index (χ0v) is 12.5. The number of rotatable bonds is 5. The molecule has 0 spiro atoms. The van der Waals surface area contributed by atoms with Gasteiger partial charge in [0.2, 0.25) is 0 Å². The van der Waals surface area contributed by atoms with Gasteiger partial charge >= 0.3 is 0 Å². The van der Waals surface area contributed by atoms with Crippen LogP contribution in [0.25, 0.3) is 0 Å². The summed E-state index contributed by atoms with van der Waals surface area (Å²) < 4.78 is 11.2. The fraction of sp³-hybridized carbons (Fsp3) is 0.333. The van der Waals surface area contributed by atoms with Crippen molar-refractivity contribution in [1.29, 1.82) is 0 Å². The third-order valence-electron chi connectivity index (χ3n) is 3.84. The third kappa shape index (κ3) is 3.19. The van der Waals surface area contributed by atoms with Gasteiger partial charge in [-0.25, -0.2) is 0 Å². The minimum Gasteiger partial charge on any atom is -0.496 e. The molecule has 3 nitrogen and oxygen atoms in total. The van der Waals surface area contributed by atoms with Crippen LogP contribution in [0.1, 0.15) is 35.6 Å². The number of nitrogens with two attached hydrogens (primary N) is 1. The first-order chi connectivity index (χ1) is 10.2. The lowest BCUT2D eigenvalue weighted by atomic mass is 9.98. The summed E-state index contributed by atoms with van der Waals surface area (Å²) in [4.78, 5) is 0. The van der Waals surface area contributed by atoms with Crippen LogP contribution >= 0.6 is 0 Å². The highest BCUT2D eigenvalue weighted by molar-refractivity contribution is 5.42. The normalized spacial score (nSPS) is 15.6. The molecule has 0 saturated heterocycles. The molecular weight excluding hydrogens is 262 g/mol. The minimum absolute atomic E-state index is 0.178. The first-order valence-electron chi connectivity index (χ1n) is 7.34. The largest absolute Gasteiger partial charge is 0.496 e. The van der Waals surface area contributed by atoms with Crippen molar-refractivity contribution in [2.75, 3.05) is 7.11 Å². The van der Waals surface area contributed by atoms with Gasteiger partial charge in [-0.05, 0) is 54.7 Å². The second-order valence-electron chi connectivity index (χ2n) is 5.60. The average Bonchev–Trinajstić information content (AvgIpc) is 3.31. The van der Waals surface area contributed by atoms with Crippen molar-refractivity contribution in [3.05, 3.63) is 59.2 Å². The van der Waals surface area contributed by atoms with Crippen LogP contribution in [-0.4, -0.2) is 13.2 Å². The van der Waals surface area contributed by atoms with E-state index >= 15 is 0 Å². The molecule has 0 bridgehead atoms. The molecule has 3 rings (SSSR count). The minimum atomic E-state index is -0.178. The topological polar surface area (TPSA) is 44.5 Å². The van der Waals surface area contributed by atoms with Crippen LogP contribution in [-0.2, 0) is 0 Å². The van der Waals surface area contributed by atoms with Gasteiger partial charge in [0, 0.05) is 0 Å². The third-order valence-corrected chi connectivity index (χ3v) is 3.84. The molecule has 0 aromatic heterocycles. The lowest BCUT2D eigenvalue weighted by Crippen LogP contribution is -2.12. The van der Waals surface area contributed by atoms with E-state index in [0.717, 1.165) is 41.0 Å². The van der Waals surface area contributed by atoms with Crippen LogP contribution in [0.4, 0.5) is 0 Å². The number of hydrogen-bond acceptors (Lipinski definition) is 3. The Balaban J connectivity index is 1.85. The van der Waals surface area contributed by atoms with E-state index in [1.807, 2.05) is 43.3 Å². The summed E-state index contributed by atoms with van der Waals surface area (Å²) in [7, 11) is 1.68. The van der Waals surface area contributed by atoms with Crippen LogP contribution in [0.2, 0.25) is 0 Å². The van der Waals surface area contributed by atoms with E-state index in [4.69, 9.17) is 15.2 Å². The van der Waals surface area contributed by atoms with Crippen molar-refractivity contribution >= 4 is 0 Å². The smallest absolute Gasteiger partial charge is 0.122 e. The van der Waals surface area contributed by atoms with Gasteiger partial charge in [-0.15, -0.1) is 0 Å². The van der Waals surface area contributed by atoms with Crippen molar-refractivity contribution < 1.29 is 9.47 Å². The van der Waals surface area contributed by atoms with E-state index in [1.54, 1.807) is 7.11 Å². The maximum absolute atomic E-state index is 6.39. The van der Waals surface area contributed by atoms with Crippen LogP contribution in [0.15, 0.2) is 42.5 Å². The fourth-order valence-electron chi connectivity index (χ4n) is 2.38. The Bertz CT molecular complexity index is 635. The zero-order valence-electron chi connectivity index (χ0n) is 12.5. The average molecular weight is 283 g/mol. The van der Waals surface area contributed by atoms with Gasteiger partial charge in [0.1, 0.15) is 11.5 Å². The molecule has 2 aromatic carbocycles. The van der Waals surface area contributed by atoms with Crippen molar-refractivity contribution in [3.8, 4) is 11.5 Å². The Hall–Kier alpha value is -2.00. The van der Waals surface area contributed by atoms with E-state index in [1.165, 1.54) is 0 Å². The summed E-state index contributed by atoms with van der Waals surface area (Å²) in [6, 6.07) is 14.0.